The van der Waals surface area contributed by atoms with Crippen molar-refractivity contribution in [2.45, 2.75) is 0 Å². The van der Waals surface area contributed by atoms with Gasteiger partial charge in [0.25, 0.3) is 5.91 Å². The predicted octanol–water partition coefficient (Wildman–Crippen LogP) is 4.25. The molecule has 0 aliphatic carbocycles. The summed E-state index contributed by atoms with van der Waals surface area (Å²) in [5.74, 6) is 2.29. The van der Waals surface area contributed by atoms with Crippen molar-refractivity contribution >= 4 is 23.4 Å². The molecule has 2 aromatic heterocycles. The molecular formula is C27H26N6O2. The Morgan fingerprint density at radius 1 is 0.829 bits per heavy atom. The van der Waals surface area contributed by atoms with Crippen molar-refractivity contribution in [3.63, 3.8) is 0 Å². The van der Waals surface area contributed by atoms with E-state index in [1.165, 1.54) is 0 Å². The van der Waals surface area contributed by atoms with Crippen LogP contribution in [-0.4, -0.2) is 59.0 Å². The molecule has 1 saturated heterocycles. The highest BCUT2D eigenvalue weighted by molar-refractivity contribution is 5.94. The molecule has 1 N–H and O–H groups in total. The van der Waals surface area contributed by atoms with Crippen molar-refractivity contribution in [3.8, 4) is 16.9 Å². The first kappa shape index (κ1) is 22.3. The predicted molar refractivity (Wildman–Crippen MR) is 136 cm³/mol. The summed E-state index contributed by atoms with van der Waals surface area (Å²) in [5, 5.41) is 3.19. The van der Waals surface area contributed by atoms with Crippen LogP contribution in [0.5, 0.6) is 5.75 Å². The minimum atomic E-state index is 0.0392. The summed E-state index contributed by atoms with van der Waals surface area (Å²) in [6, 6.07) is 21.1. The molecule has 35 heavy (non-hydrogen) atoms. The standard InChI is InChI=1S/C27H26N6O2/c1-35-24-11-7-20(8-12-24)22-18-29-27(30-19-22)31-23-9-5-21(6-10-23)26(34)33-16-14-32(15-17-33)25-4-2-3-13-28-25/h2-13,18-19H,14-17H2,1H3,(H,29,30,31). The lowest BCUT2D eigenvalue weighted by atomic mass is 10.1. The smallest absolute Gasteiger partial charge is 0.253 e. The van der Waals surface area contributed by atoms with E-state index in [0.717, 1.165) is 41.5 Å². The van der Waals surface area contributed by atoms with Gasteiger partial charge in [-0.05, 0) is 54.1 Å². The van der Waals surface area contributed by atoms with E-state index in [0.29, 0.717) is 24.6 Å². The number of carbonyl (C=O) groups is 1. The molecule has 0 radical (unpaired) electrons. The van der Waals surface area contributed by atoms with E-state index in [9.17, 15) is 4.79 Å². The number of nitrogens with one attached hydrogen (secondary N) is 1. The van der Waals surface area contributed by atoms with Gasteiger partial charge in [-0.15, -0.1) is 0 Å². The van der Waals surface area contributed by atoms with Crippen molar-refractivity contribution in [3.05, 3.63) is 90.9 Å². The molecule has 0 atom stereocenters. The summed E-state index contributed by atoms with van der Waals surface area (Å²) in [7, 11) is 1.64. The van der Waals surface area contributed by atoms with E-state index in [1.807, 2.05) is 71.6 Å². The van der Waals surface area contributed by atoms with Crippen molar-refractivity contribution < 1.29 is 9.53 Å². The Balaban J connectivity index is 1.17. The van der Waals surface area contributed by atoms with Gasteiger partial charge in [-0.1, -0.05) is 18.2 Å². The molecule has 0 bridgehead atoms. The van der Waals surface area contributed by atoms with E-state index in [1.54, 1.807) is 25.7 Å². The fourth-order valence-electron chi connectivity index (χ4n) is 4.01. The number of carbonyl (C=O) groups excluding carboxylic acids is 1. The Bertz CT molecular complexity index is 1250. The Hall–Kier alpha value is -4.46. The molecule has 4 aromatic rings. The highest BCUT2D eigenvalue weighted by Crippen LogP contribution is 2.22. The monoisotopic (exact) mass is 466 g/mol. The van der Waals surface area contributed by atoms with Crippen LogP contribution in [0.25, 0.3) is 11.1 Å². The molecule has 8 nitrogen and oxygen atoms in total. The molecule has 176 valence electrons. The topological polar surface area (TPSA) is 83.5 Å². The minimum Gasteiger partial charge on any atom is -0.497 e. The van der Waals surface area contributed by atoms with Crippen molar-refractivity contribution in [1.29, 1.82) is 0 Å². The number of ether oxygens (including phenoxy) is 1. The molecule has 1 aliphatic rings. The van der Waals surface area contributed by atoms with Crippen LogP contribution < -0.4 is 15.0 Å². The first-order valence-electron chi connectivity index (χ1n) is 11.5. The second kappa shape index (κ2) is 10.2. The lowest BCUT2D eigenvalue weighted by Crippen LogP contribution is -2.49. The molecule has 3 heterocycles. The quantitative estimate of drug-likeness (QED) is 0.455. The maximum absolute atomic E-state index is 13.0. The van der Waals surface area contributed by atoms with Gasteiger partial charge in [0.15, 0.2) is 0 Å². The summed E-state index contributed by atoms with van der Waals surface area (Å²) >= 11 is 0. The second-order valence-corrected chi connectivity index (χ2v) is 8.19. The fraction of sp³-hybridized carbons (Fsp3) is 0.185. The number of amides is 1. The zero-order valence-electron chi connectivity index (χ0n) is 19.5. The highest BCUT2D eigenvalue weighted by atomic mass is 16.5. The van der Waals surface area contributed by atoms with Crippen LogP contribution in [0.1, 0.15) is 10.4 Å². The van der Waals surface area contributed by atoms with Crippen LogP contribution >= 0.6 is 0 Å². The van der Waals surface area contributed by atoms with Crippen molar-refractivity contribution in [2.24, 2.45) is 0 Å². The van der Waals surface area contributed by atoms with Gasteiger partial charge in [-0.3, -0.25) is 4.79 Å². The number of anilines is 3. The third kappa shape index (κ3) is 5.22. The molecule has 0 unspecified atom stereocenters. The van der Waals surface area contributed by atoms with Crippen molar-refractivity contribution in [2.75, 3.05) is 43.5 Å². The number of piperazine rings is 1. The van der Waals surface area contributed by atoms with Gasteiger partial charge >= 0.3 is 0 Å². The lowest BCUT2D eigenvalue weighted by Gasteiger charge is -2.35. The third-order valence-corrected chi connectivity index (χ3v) is 6.00. The average Bonchev–Trinajstić information content (AvgIpc) is 2.94. The molecule has 0 saturated carbocycles. The number of aromatic nitrogens is 3. The Morgan fingerprint density at radius 2 is 1.54 bits per heavy atom. The van der Waals surface area contributed by atoms with E-state index in [2.05, 4.69) is 25.2 Å². The van der Waals surface area contributed by atoms with E-state index in [4.69, 9.17) is 4.74 Å². The van der Waals surface area contributed by atoms with Gasteiger partial charge in [-0.2, -0.15) is 0 Å². The van der Waals surface area contributed by atoms with Gasteiger partial charge in [0.1, 0.15) is 11.6 Å². The van der Waals surface area contributed by atoms with Gasteiger partial charge < -0.3 is 19.9 Å². The van der Waals surface area contributed by atoms with E-state index >= 15 is 0 Å². The highest BCUT2D eigenvalue weighted by Gasteiger charge is 2.22. The lowest BCUT2D eigenvalue weighted by molar-refractivity contribution is 0.0746. The fourth-order valence-corrected chi connectivity index (χ4v) is 4.01. The Labute approximate surface area is 204 Å². The number of benzene rings is 2. The van der Waals surface area contributed by atoms with E-state index < -0.39 is 0 Å². The first-order chi connectivity index (χ1) is 17.2. The van der Waals surface area contributed by atoms with Crippen LogP contribution in [0.2, 0.25) is 0 Å². The Morgan fingerprint density at radius 3 is 2.17 bits per heavy atom. The molecule has 5 rings (SSSR count). The maximum Gasteiger partial charge on any atom is 0.253 e. The molecule has 1 aliphatic heterocycles. The van der Waals surface area contributed by atoms with Crippen LogP contribution in [0.15, 0.2) is 85.3 Å². The zero-order chi connectivity index (χ0) is 24.0. The summed E-state index contributed by atoms with van der Waals surface area (Å²) in [4.78, 5) is 30.3. The number of hydrogen-bond acceptors (Lipinski definition) is 7. The number of methoxy groups -OCH3 is 1. The molecule has 2 aromatic carbocycles. The maximum atomic E-state index is 13.0. The summed E-state index contributed by atoms with van der Waals surface area (Å²) in [6.45, 7) is 2.88. The van der Waals surface area contributed by atoms with Gasteiger partial charge in [-0.25, -0.2) is 15.0 Å². The minimum absolute atomic E-state index is 0.0392. The average molecular weight is 467 g/mol. The van der Waals surface area contributed by atoms with Crippen LogP contribution in [-0.2, 0) is 0 Å². The number of rotatable bonds is 6. The SMILES string of the molecule is COc1ccc(-c2cnc(Nc3ccc(C(=O)N4CCN(c5ccccn5)CC4)cc3)nc2)cc1. The number of hydrogen-bond donors (Lipinski definition) is 1. The van der Waals surface area contributed by atoms with Crippen LogP contribution in [0, 0.1) is 0 Å². The second-order valence-electron chi connectivity index (χ2n) is 8.19. The first-order valence-corrected chi connectivity index (χ1v) is 11.5. The van der Waals surface area contributed by atoms with Gasteiger partial charge in [0.2, 0.25) is 5.95 Å². The molecule has 0 spiro atoms. The van der Waals surface area contributed by atoms with Crippen LogP contribution in [0.3, 0.4) is 0 Å². The number of nitrogens with zero attached hydrogens (tertiary/aromatic N) is 5. The van der Waals surface area contributed by atoms with Gasteiger partial charge in [0, 0.05) is 61.6 Å². The molecule has 1 fully saturated rings. The Kier molecular flexibility index (Phi) is 6.52. The van der Waals surface area contributed by atoms with Crippen molar-refractivity contribution in [1.82, 2.24) is 19.9 Å². The summed E-state index contributed by atoms with van der Waals surface area (Å²) in [6.07, 6.45) is 5.35. The molecule has 8 heteroatoms. The summed E-state index contributed by atoms with van der Waals surface area (Å²) < 4.78 is 5.20. The zero-order valence-corrected chi connectivity index (χ0v) is 19.5. The largest absolute Gasteiger partial charge is 0.497 e. The summed E-state index contributed by atoms with van der Waals surface area (Å²) in [5.41, 5.74) is 3.42. The van der Waals surface area contributed by atoms with E-state index in [-0.39, 0.29) is 5.91 Å². The van der Waals surface area contributed by atoms with Gasteiger partial charge in [0.05, 0.1) is 7.11 Å². The normalized spacial score (nSPS) is 13.4. The van der Waals surface area contributed by atoms with Crippen LogP contribution in [0.4, 0.5) is 17.5 Å². The molecule has 1 amide bonds. The third-order valence-electron chi connectivity index (χ3n) is 6.00. The molecular weight excluding hydrogens is 440 g/mol. The number of pyridine rings is 1.